The maximum absolute atomic E-state index is 13.1. The van der Waals surface area contributed by atoms with Crippen molar-refractivity contribution in [2.75, 3.05) is 12.3 Å². The van der Waals surface area contributed by atoms with Crippen molar-refractivity contribution in [1.29, 1.82) is 0 Å². The molecule has 0 saturated carbocycles. The van der Waals surface area contributed by atoms with Crippen LogP contribution in [0.2, 0.25) is 0 Å². The summed E-state index contributed by atoms with van der Waals surface area (Å²) in [6.07, 6.45) is 0.397. The maximum atomic E-state index is 13.1. The number of aliphatic carboxylic acids is 1. The molecule has 0 aliphatic heterocycles. The van der Waals surface area contributed by atoms with Crippen LogP contribution in [0.1, 0.15) is 32.3 Å². The zero-order chi connectivity index (χ0) is 28.1. The lowest BCUT2D eigenvalue weighted by atomic mass is 10.0. The number of hydrogen-bond acceptors (Lipinski definition) is 8. The van der Waals surface area contributed by atoms with E-state index in [1.54, 1.807) is 26.0 Å². The summed E-state index contributed by atoms with van der Waals surface area (Å²) < 4.78 is 0. The zero-order valence-corrected chi connectivity index (χ0v) is 21.8. The zero-order valence-electron chi connectivity index (χ0n) is 20.9. The van der Waals surface area contributed by atoms with Crippen LogP contribution in [-0.2, 0) is 25.6 Å². The topological polar surface area (TPSA) is 235 Å². The first kappa shape index (κ1) is 31.5. The van der Waals surface area contributed by atoms with Gasteiger partial charge in [0.05, 0.1) is 6.04 Å². The van der Waals surface area contributed by atoms with Crippen molar-refractivity contribution in [1.82, 2.24) is 16.0 Å². The third-order valence-electron chi connectivity index (χ3n) is 5.41. The first-order valence-corrected chi connectivity index (χ1v) is 12.3. The highest BCUT2D eigenvalue weighted by atomic mass is 32.1. The molecule has 0 fully saturated rings. The van der Waals surface area contributed by atoms with E-state index in [2.05, 4.69) is 33.6 Å². The van der Waals surface area contributed by atoms with E-state index in [9.17, 15) is 29.4 Å². The van der Waals surface area contributed by atoms with Crippen LogP contribution in [0.3, 0.4) is 0 Å². The molecule has 0 aromatic heterocycles. The first-order chi connectivity index (χ1) is 17.3. The van der Waals surface area contributed by atoms with Crippen molar-refractivity contribution in [2.45, 2.75) is 57.3 Å². The monoisotopic (exact) mass is 539 g/mol. The molecule has 0 aliphatic carbocycles. The predicted molar refractivity (Wildman–Crippen MR) is 142 cm³/mol. The number of nitrogens with two attached hydrogens (primary N) is 3. The number of thiol groups is 1. The number of phenolic OH excluding ortho intramolecular Hbond substituents is 1. The van der Waals surface area contributed by atoms with Gasteiger partial charge in [-0.15, -0.1) is 0 Å². The smallest absolute Gasteiger partial charge is 0.326 e. The molecule has 4 unspecified atom stereocenters. The standard InChI is InChI=1S/C23H37N7O6S/c1-12(2)18(24)21(34)29-16(10-13-5-7-14(31)8-6-13)19(32)30-17(11-37)20(33)28-15(22(35)36)4-3-9-27-23(25)26/h5-8,12,15-18,31,37H,3-4,9-11,24H2,1-2H3,(H,28,33)(H,29,34)(H,30,32)(H,35,36)(H4,25,26,27). The van der Waals surface area contributed by atoms with E-state index < -0.39 is 47.9 Å². The van der Waals surface area contributed by atoms with E-state index in [-0.39, 0.29) is 42.8 Å². The minimum absolute atomic E-state index is 0.0358. The molecule has 3 amide bonds. The largest absolute Gasteiger partial charge is 0.508 e. The molecule has 1 rings (SSSR count). The molecule has 0 spiro atoms. The molecule has 0 saturated heterocycles. The number of nitrogens with zero attached hydrogens (tertiary/aromatic N) is 1. The quantitative estimate of drug-likeness (QED) is 0.0541. The lowest BCUT2D eigenvalue weighted by molar-refractivity contribution is -0.142. The highest BCUT2D eigenvalue weighted by Gasteiger charge is 2.30. The predicted octanol–water partition coefficient (Wildman–Crippen LogP) is -1.56. The van der Waals surface area contributed by atoms with Crippen LogP contribution in [-0.4, -0.2) is 76.3 Å². The molecule has 0 heterocycles. The van der Waals surface area contributed by atoms with Crippen LogP contribution in [0, 0.1) is 5.92 Å². The molecule has 0 bridgehead atoms. The van der Waals surface area contributed by atoms with Crippen LogP contribution in [0.25, 0.3) is 0 Å². The Morgan fingerprint density at radius 3 is 2.00 bits per heavy atom. The van der Waals surface area contributed by atoms with Gasteiger partial charge in [0, 0.05) is 18.7 Å². The number of carbonyl (C=O) groups excluding carboxylic acids is 3. The molecule has 4 atom stereocenters. The highest BCUT2D eigenvalue weighted by Crippen LogP contribution is 2.12. The number of aromatic hydroxyl groups is 1. The molecule has 0 radical (unpaired) electrons. The number of amides is 3. The van der Waals surface area contributed by atoms with Gasteiger partial charge >= 0.3 is 5.97 Å². The van der Waals surface area contributed by atoms with Gasteiger partial charge in [-0.2, -0.15) is 12.6 Å². The number of carbonyl (C=O) groups is 4. The van der Waals surface area contributed by atoms with Crippen LogP contribution < -0.4 is 33.2 Å². The Hall–Kier alpha value is -3.52. The third kappa shape index (κ3) is 11.4. The van der Waals surface area contributed by atoms with Gasteiger partial charge in [0.25, 0.3) is 0 Å². The number of nitrogens with one attached hydrogen (secondary N) is 3. The van der Waals surface area contributed by atoms with Crippen LogP contribution in [0.4, 0.5) is 0 Å². The minimum Gasteiger partial charge on any atom is -0.508 e. The van der Waals surface area contributed by atoms with Crippen molar-refractivity contribution < 1.29 is 29.4 Å². The second kappa shape index (κ2) is 15.6. The molecule has 0 aliphatic rings. The van der Waals surface area contributed by atoms with Gasteiger partial charge in [-0.25, -0.2) is 4.79 Å². The normalized spacial score (nSPS) is 14.1. The molecular formula is C23H37N7O6S. The van der Waals surface area contributed by atoms with Gasteiger partial charge in [0.1, 0.15) is 23.9 Å². The number of phenols is 1. The van der Waals surface area contributed by atoms with Crippen LogP contribution in [0.15, 0.2) is 29.3 Å². The van der Waals surface area contributed by atoms with Crippen molar-refractivity contribution in [3.8, 4) is 5.75 Å². The van der Waals surface area contributed by atoms with Crippen LogP contribution >= 0.6 is 12.6 Å². The summed E-state index contributed by atoms with van der Waals surface area (Å²) in [5, 5.41) is 26.5. The lowest BCUT2D eigenvalue weighted by Gasteiger charge is -2.25. The molecule has 13 nitrogen and oxygen atoms in total. The lowest BCUT2D eigenvalue weighted by Crippen LogP contribution is -2.58. The summed E-state index contributed by atoms with van der Waals surface area (Å²) in [4.78, 5) is 53.8. The molecule has 37 heavy (non-hydrogen) atoms. The van der Waals surface area contributed by atoms with E-state index >= 15 is 0 Å². The summed E-state index contributed by atoms with van der Waals surface area (Å²) in [6.45, 7) is 3.71. The van der Waals surface area contributed by atoms with Gasteiger partial charge in [0.15, 0.2) is 5.96 Å². The Bertz CT molecular complexity index is 953. The number of hydrogen-bond donors (Lipinski definition) is 9. The number of carboxylic acid groups (broad SMARTS) is 1. The second-order valence-electron chi connectivity index (χ2n) is 8.79. The Labute approximate surface area is 221 Å². The van der Waals surface area contributed by atoms with Gasteiger partial charge in [-0.1, -0.05) is 26.0 Å². The highest BCUT2D eigenvalue weighted by molar-refractivity contribution is 7.80. The average Bonchev–Trinajstić information content (AvgIpc) is 2.83. The van der Waals surface area contributed by atoms with Gasteiger partial charge in [0.2, 0.25) is 17.7 Å². The maximum Gasteiger partial charge on any atom is 0.326 e. The van der Waals surface area contributed by atoms with Crippen molar-refractivity contribution in [3.63, 3.8) is 0 Å². The molecule has 14 heteroatoms. The second-order valence-corrected chi connectivity index (χ2v) is 9.16. The van der Waals surface area contributed by atoms with Gasteiger partial charge in [-0.05, 0) is 36.5 Å². The molecular weight excluding hydrogens is 502 g/mol. The van der Waals surface area contributed by atoms with E-state index in [1.165, 1.54) is 12.1 Å². The van der Waals surface area contributed by atoms with E-state index in [0.717, 1.165) is 0 Å². The van der Waals surface area contributed by atoms with Gasteiger partial charge < -0.3 is 43.4 Å². The van der Waals surface area contributed by atoms with E-state index in [4.69, 9.17) is 17.2 Å². The number of rotatable bonds is 15. The number of benzene rings is 1. The first-order valence-electron chi connectivity index (χ1n) is 11.7. The van der Waals surface area contributed by atoms with Crippen LogP contribution in [0.5, 0.6) is 5.75 Å². The van der Waals surface area contributed by atoms with Crippen molar-refractivity contribution in [3.05, 3.63) is 29.8 Å². The van der Waals surface area contributed by atoms with Crippen molar-refractivity contribution in [2.24, 2.45) is 28.1 Å². The van der Waals surface area contributed by atoms with E-state index in [1.807, 2.05) is 0 Å². The summed E-state index contributed by atoms with van der Waals surface area (Å²) in [6, 6.07) is 1.66. The Morgan fingerprint density at radius 2 is 1.49 bits per heavy atom. The number of carboxylic acids is 1. The number of aliphatic imine (C=N–C) groups is 1. The van der Waals surface area contributed by atoms with E-state index in [0.29, 0.717) is 12.0 Å². The third-order valence-corrected chi connectivity index (χ3v) is 5.77. The average molecular weight is 540 g/mol. The fraction of sp³-hybridized carbons (Fsp3) is 0.522. The molecule has 1 aromatic rings. The van der Waals surface area contributed by atoms with Crippen molar-refractivity contribution >= 4 is 42.3 Å². The minimum atomic E-state index is -1.26. The molecule has 1 aromatic carbocycles. The fourth-order valence-electron chi connectivity index (χ4n) is 3.15. The summed E-state index contributed by atoms with van der Waals surface area (Å²) in [7, 11) is 0. The molecule has 11 N–H and O–H groups in total. The Balaban J connectivity index is 2.96. The fourth-order valence-corrected chi connectivity index (χ4v) is 3.40. The summed E-state index contributed by atoms with van der Waals surface area (Å²) in [5.41, 5.74) is 17.0. The number of guanidine groups is 1. The summed E-state index contributed by atoms with van der Waals surface area (Å²) >= 11 is 4.12. The SMILES string of the molecule is CC(C)C(N)C(=O)NC(Cc1ccc(O)cc1)C(=O)NC(CS)C(=O)NC(CCCN=C(N)N)C(=O)O. The Kier molecular flexibility index (Phi) is 13.3. The Morgan fingerprint density at radius 1 is 0.946 bits per heavy atom. The summed E-state index contributed by atoms with van der Waals surface area (Å²) in [5.74, 6) is -3.67. The van der Waals surface area contributed by atoms with Gasteiger partial charge in [-0.3, -0.25) is 19.4 Å². The molecule has 206 valence electrons.